The molecule has 3 heterocycles. The lowest BCUT2D eigenvalue weighted by Gasteiger charge is -2.41. The highest BCUT2D eigenvalue weighted by molar-refractivity contribution is 7.15. The van der Waals surface area contributed by atoms with Gasteiger partial charge >= 0.3 is 0 Å². The van der Waals surface area contributed by atoms with Gasteiger partial charge in [0.25, 0.3) is 0 Å². The van der Waals surface area contributed by atoms with Gasteiger partial charge in [-0.1, -0.05) is 6.42 Å². The minimum Gasteiger partial charge on any atom is -0.373 e. The van der Waals surface area contributed by atoms with Crippen LogP contribution in [0.15, 0.2) is 36.7 Å². The molecule has 0 amide bonds. The zero-order chi connectivity index (χ0) is 21.1. The highest BCUT2D eigenvalue weighted by atomic mass is 32.1. The van der Waals surface area contributed by atoms with Crippen molar-refractivity contribution in [3.8, 4) is 10.7 Å². The number of hydrogen-bond donors (Lipinski definition) is 3. The van der Waals surface area contributed by atoms with Gasteiger partial charge in [-0.05, 0) is 51.0 Å². The molecule has 0 spiro atoms. The van der Waals surface area contributed by atoms with E-state index in [9.17, 15) is 9.50 Å². The molecule has 4 rings (SSSR count). The molecule has 0 saturated heterocycles. The van der Waals surface area contributed by atoms with Crippen molar-refractivity contribution in [2.75, 3.05) is 11.9 Å². The van der Waals surface area contributed by atoms with Crippen LogP contribution in [-0.2, 0) is 5.41 Å². The number of rotatable bonds is 8. The largest absolute Gasteiger partial charge is 0.373 e. The summed E-state index contributed by atoms with van der Waals surface area (Å²) in [4.78, 5) is 9.37. The number of thiazole rings is 1. The Balaban J connectivity index is 1.42. The van der Waals surface area contributed by atoms with E-state index in [1.54, 1.807) is 18.5 Å². The van der Waals surface area contributed by atoms with Gasteiger partial charge in [0.05, 0.1) is 10.6 Å². The maximum atomic E-state index is 14.3. The number of aliphatic hydroxyl groups excluding tert-OH is 1. The SMILES string of the molecule is CC(C)NC(O)c1cnc(-c2ccc(NCC3(c4ncccc4F)CCC3)nn2)s1. The van der Waals surface area contributed by atoms with Crippen LogP contribution in [0.2, 0.25) is 0 Å². The van der Waals surface area contributed by atoms with Crippen molar-refractivity contribution >= 4 is 17.2 Å². The van der Waals surface area contributed by atoms with Gasteiger partial charge in [0, 0.05) is 30.4 Å². The van der Waals surface area contributed by atoms with E-state index in [2.05, 4.69) is 30.8 Å². The van der Waals surface area contributed by atoms with E-state index in [0.29, 0.717) is 28.8 Å². The molecule has 1 fully saturated rings. The fourth-order valence-electron chi connectivity index (χ4n) is 3.61. The molecule has 1 aliphatic carbocycles. The van der Waals surface area contributed by atoms with Crippen molar-refractivity contribution in [3.05, 3.63) is 53.0 Å². The molecule has 3 aromatic rings. The third kappa shape index (κ3) is 4.33. The molecular formula is C21H25FN6OS. The van der Waals surface area contributed by atoms with Crippen LogP contribution < -0.4 is 10.6 Å². The summed E-state index contributed by atoms with van der Waals surface area (Å²) < 4.78 is 14.3. The van der Waals surface area contributed by atoms with Crippen molar-refractivity contribution < 1.29 is 9.50 Å². The highest BCUT2D eigenvalue weighted by Gasteiger charge is 2.41. The van der Waals surface area contributed by atoms with E-state index in [0.717, 1.165) is 24.1 Å². The van der Waals surface area contributed by atoms with Crippen LogP contribution in [0, 0.1) is 5.82 Å². The maximum absolute atomic E-state index is 14.3. The molecule has 0 aromatic carbocycles. The Bertz CT molecular complexity index is 989. The summed E-state index contributed by atoms with van der Waals surface area (Å²) in [6.07, 6.45) is 5.39. The van der Waals surface area contributed by atoms with Gasteiger partial charge < -0.3 is 10.4 Å². The van der Waals surface area contributed by atoms with E-state index in [4.69, 9.17) is 0 Å². The summed E-state index contributed by atoms with van der Waals surface area (Å²) in [5.41, 5.74) is 0.870. The number of halogens is 1. The quantitative estimate of drug-likeness (QED) is 0.471. The Morgan fingerprint density at radius 3 is 2.67 bits per heavy atom. The second kappa shape index (κ2) is 8.71. The average Bonchev–Trinajstić information content (AvgIpc) is 3.19. The summed E-state index contributed by atoms with van der Waals surface area (Å²) in [7, 11) is 0. The van der Waals surface area contributed by atoms with E-state index in [1.807, 2.05) is 26.0 Å². The number of aromatic nitrogens is 4. The topological polar surface area (TPSA) is 95.8 Å². The maximum Gasteiger partial charge on any atom is 0.148 e. The third-order valence-corrected chi connectivity index (χ3v) is 6.42. The van der Waals surface area contributed by atoms with Crippen LogP contribution in [-0.4, -0.2) is 37.9 Å². The Morgan fingerprint density at radius 2 is 2.03 bits per heavy atom. The number of aliphatic hydroxyl groups is 1. The standard InChI is InChI=1S/C21H25FN6OS/c1-13(2)26-19(29)16-11-24-20(30-16)15-6-7-17(28-27-15)25-12-21(8-4-9-21)18-14(22)5-3-10-23-18/h3,5-7,10-11,13,19,26,29H,4,8-9,12H2,1-2H3,(H,25,28). The number of nitrogens with zero attached hydrogens (tertiary/aromatic N) is 4. The first-order valence-corrected chi connectivity index (χ1v) is 10.9. The van der Waals surface area contributed by atoms with Crippen molar-refractivity contribution in [2.45, 2.75) is 50.8 Å². The number of nitrogens with one attached hydrogen (secondary N) is 2. The number of anilines is 1. The first-order valence-electron chi connectivity index (χ1n) is 10.1. The molecule has 30 heavy (non-hydrogen) atoms. The van der Waals surface area contributed by atoms with Crippen LogP contribution in [0.1, 0.15) is 49.9 Å². The summed E-state index contributed by atoms with van der Waals surface area (Å²) in [5, 5.41) is 25.7. The molecular weight excluding hydrogens is 403 g/mol. The monoisotopic (exact) mass is 428 g/mol. The van der Waals surface area contributed by atoms with Crippen LogP contribution in [0.4, 0.5) is 10.2 Å². The summed E-state index contributed by atoms with van der Waals surface area (Å²) >= 11 is 1.37. The van der Waals surface area contributed by atoms with Crippen molar-refractivity contribution in [3.63, 3.8) is 0 Å². The number of pyridine rings is 1. The summed E-state index contributed by atoms with van der Waals surface area (Å²) in [5.74, 6) is 0.369. The zero-order valence-electron chi connectivity index (χ0n) is 17.0. The highest BCUT2D eigenvalue weighted by Crippen LogP contribution is 2.43. The molecule has 1 aliphatic rings. The minimum atomic E-state index is -0.754. The Morgan fingerprint density at radius 1 is 1.20 bits per heavy atom. The van der Waals surface area contributed by atoms with Crippen LogP contribution in [0.25, 0.3) is 10.7 Å². The molecule has 1 saturated carbocycles. The summed E-state index contributed by atoms with van der Waals surface area (Å²) in [6, 6.07) is 6.93. The average molecular weight is 429 g/mol. The van der Waals surface area contributed by atoms with E-state index < -0.39 is 6.23 Å². The molecule has 158 valence electrons. The molecule has 0 radical (unpaired) electrons. The molecule has 1 atom stereocenters. The smallest absolute Gasteiger partial charge is 0.148 e. The Labute approximate surface area is 178 Å². The van der Waals surface area contributed by atoms with Gasteiger partial charge in [-0.15, -0.1) is 21.5 Å². The molecule has 1 unspecified atom stereocenters. The Hall–Kier alpha value is -2.49. The lowest BCUT2D eigenvalue weighted by Crippen LogP contribution is -2.42. The van der Waals surface area contributed by atoms with Gasteiger partial charge in [0.2, 0.25) is 0 Å². The van der Waals surface area contributed by atoms with Gasteiger partial charge in [0.15, 0.2) is 0 Å². The second-order valence-corrected chi connectivity index (χ2v) is 8.98. The lowest BCUT2D eigenvalue weighted by molar-refractivity contribution is 0.132. The lowest BCUT2D eigenvalue weighted by atomic mass is 9.66. The predicted molar refractivity (Wildman–Crippen MR) is 115 cm³/mol. The Kier molecular flexibility index (Phi) is 6.03. The molecule has 0 bridgehead atoms. The van der Waals surface area contributed by atoms with E-state index in [1.165, 1.54) is 17.4 Å². The predicted octanol–water partition coefficient (Wildman–Crippen LogP) is 3.66. The van der Waals surface area contributed by atoms with Gasteiger partial charge in [-0.2, -0.15) is 0 Å². The zero-order valence-corrected chi connectivity index (χ0v) is 17.8. The minimum absolute atomic E-state index is 0.161. The van der Waals surface area contributed by atoms with Crippen LogP contribution in [0.3, 0.4) is 0 Å². The van der Waals surface area contributed by atoms with Gasteiger partial charge in [0.1, 0.15) is 28.6 Å². The van der Waals surface area contributed by atoms with Crippen molar-refractivity contribution in [2.24, 2.45) is 0 Å². The molecule has 9 heteroatoms. The molecule has 3 aromatic heterocycles. The second-order valence-electron chi connectivity index (χ2n) is 7.92. The summed E-state index contributed by atoms with van der Waals surface area (Å²) in [6.45, 7) is 4.50. The van der Waals surface area contributed by atoms with Crippen molar-refractivity contribution in [1.82, 2.24) is 25.5 Å². The van der Waals surface area contributed by atoms with Gasteiger partial charge in [-0.25, -0.2) is 9.37 Å². The van der Waals surface area contributed by atoms with Gasteiger partial charge in [-0.3, -0.25) is 10.3 Å². The molecule has 0 aliphatic heterocycles. The fraction of sp³-hybridized carbons (Fsp3) is 0.429. The van der Waals surface area contributed by atoms with Crippen LogP contribution >= 0.6 is 11.3 Å². The van der Waals surface area contributed by atoms with Crippen molar-refractivity contribution in [1.29, 1.82) is 0 Å². The van der Waals surface area contributed by atoms with E-state index in [-0.39, 0.29) is 17.3 Å². The number of hydrogen-bond acceptors (Lipinski definition) is 8. The first kappa shape index (κ1) is 20.8. The normalized spacial score (nSPS) is 16.3. The van der Waals surface area contributed by atoms with Crippen LogP contribution in [0.5, 0.6) is 0 Å². The first-order chi connectivity index (χ1) is 14.5. The van der Waals surface area contributed by atoms with E-state index >= 15 is 0 Å². The third-order valence-electron chi connectivity index (χ3n) is 5.35. The molecule has 3 N–H and O–H groups in total. The molecule has 7 nitrogen and oxygen atoms in total. The fourth-order valence-corrected chi connectivity index (χ4v) is 4.43.